The number of ether oxygens (including phenoxy) is 2. The van der Waals surface area contributed by atoms with Crippen LogP contribution in [0.3, 0.4) is 0 Å². The van der Waals surface area contributed by atoms with Crippen molar-refractivity contribution in [2.45, 2.75) is 25.4 Å². The molecule has 2 aromatic carbocycles. The first-order chi connectivity index (χ1) is 18.8. The van der Waals surface area contributed by atoms with Crippen LogP contribution in [-0.2, 0) is 16.1 Å². The number of hydrogen-bond acceptors (Lipinski definition) is 7. The van der Waals surface area contributed by atoms with E-state index in [-0.39, 0.29) is 36.3 Å². The van der Waals surface area contributed by atoms with Crippen molar-refractivity contribution in [3.05, 3.63) is 76.7 Å². The SMILES string of the molecule is C=C(NC(=O)CN1Cc2ccc(-c3nc(NC4CCOCC4)ncc3Cl)cc2C1=O)c1cc(OC)ccc1F. The van der Waals surface area contributed by atoms with E-state index in [0.717, 1.165) is 18.4 Å². The highest BCUT2D eigenvalue weighted by atomic mass is 35.5. The van der Waals surface area contributed by atoms with Crippen molar-refractivity contribution < 1.29 is 23.5 Å². The van der Waals surface area contributed by atoms with Gasteiger partial charge in [0.1, 0.15) is 18.1 Å². The normalized spacial score (nSPS) is 15.2. The van der Waals surface area contributed by atoms with Crippen LogP contribution in [0.4, 0.5) is 10.3 Å². The number of anilines is 1. The van der Waals surface area contributed by atoms with Crippen LogP contribution in [0.1, 0.15) is 34.3 Å². The van der Waals surface area contributed by atoms with Gasteiger partial charge in [0.15, 0.2) is 0 Å². The summed E-state index contributed by atoms with van der Waals surface area (Å²) in [6.07, 6.45) is 3.26. The predicted molar refractivity (Wildman–Crippen MR) is 145 cm³/mol. The van der Waals surface area contributed by atoms with Crippen LogP contribution in [0.15, 0.2) is 49.2 Å². The maximum Gasteiger partial charge on any atom is 0.254 e. The lowest BCUT2D eigenvalue weighted by Gasteiger charge is -2.23. The second-order valence-corrected chi connectivity index (χ2v) is 9.73. The average Bonchev–Trinajstić information content (AvgIpc) is 3.24. The van der Waals surface area contributed by atoms with E-state index in [1.165, 1.54) is 36.4 Å². The summed E-state index contributed by atoms with van der Waals surface area (Å²) in [5.74, 6) is -0.456. The zero-order chi connectivity index (χ0) is 27.5. The highest BCUT2D eigenvalue weighted by molar-refractivity contribution is 6.33. The maximum atomic E-state index is 14.2. The zero-order valence-corrected chi connectivity index (χ0v) is 22.1. The van der Waals surface area contributed by atoms with Crippen molar-refractivity contribution >= 4 is 35.1 Å². The molecule has 202 valence electrons. The van der Waals surface area contributed by atoms with Gasteiger partial charge >= 0.3 is 0 Å². The van der Waals surface area contributed by atoms with Crippen molar-refractivity contribution in [2.75, 3.05) is 32.2 Å². The Morgan fingerprint density at radius 3 is 2.82 bits per heavy atom. The molecular formula is C28H27ClFN5O4. The van der Waals surface area contributed by atoms with Gasteiger partial charge in [-0.25, -0.2) is 14.4 Å². The number of aromatic nitrogens is 2. The molecule has 9 nitrogen and oxygen atoms in total. The summed E-state index contributed by atoms with van der Waals surface area (Å²) < 4.78 is 24.8. The first-order valence-corrected chi connectivity index (χ1v) is 12.8. The summed E-state index contributed by atoms with van der Waals surface area (Å²) in [5, 5.41) is 6.26. The molecule has 2 aliphatic rings. The smallest absolute Gasteiger partial charge is 0.254 e. The van der Waals surface area contributed by atoms with Crippen LogP contribution in [-0.4, -0.2) is 59.6 Å². The molecule has 39 heavy (non-hydrogen) atoms. The third-order valence-electron chi connectivity index (χ3n) is 6.68. The molecule has 5 rings (SSSR count). The Morgan fingerprint density at radius 2 is 2.05 bits per heavy atom. The summed E-state index contributed by atoms with van der Waals surface area (Å²) in [6.45, 7) is 5.18. The van der Waals surface area contributed by atoms with E-state index in [0.29, 0.717) is 46.8 Å². The van der Waals surface area contributed by atoms with Crippen LogP contribution in [0.2, 0.25) is 5.02 Å². The first kappa shape index (κ1) is 26.6. The van der Waals surface area contributed by atoms with Gasteiger partial charge in [0.05, 0.1) is 24.0 Å². The number of nitrogens with zero attached hydrogens (tertiary/aromatic N) is 3. The van der Waals surface area contributed by atoms with E-state index < -0.39 is 11.7 Å². The van der Waals surface area contributed by atoms with Crippen molar-refractivity contribution in [1.29, 1.82) is 0 Å². The van der Waals surface area contributed by atoms with Crippen molar-refractivity contribution in [2.24, 2.45) is 0 Å². The average molecular weight is 552 g/mol. The first-order valence-electron chi connectivity index (χ1n) is 12.4. The Kier molecular flexibility index (Phi) is 7.76. The van der Waals surface area contributed by atoms with Gasteiger partial charge in [0.2, 0.25) is 11.9 Å². The quantitative estimate of drug-likeness (QED) is 0.430. The van der Waals surface area contributed by atoms with E-state index >= 15 is 0 Å². The molecule has 1 saturated heterocycles. The minimum atomic E-state index is -0.548. The van der Waals surface area contributed by atoms with Gasteiger partial charge in [-0.05, 0) is 42.7 Å². The molecule has 1 aromatic heterocycles. The summed E-state index contributed by atoms with van der Waals surface area (Å²) in [4.78, 5) is 36.2. The fraction of sp³-hybridized carbons (Fsp3) is 0.286. The highest BCUT2D eigenvalue weighted by Gasteiger charge is 2.30. The van der Waals surface area contributed by atoms with E-state index in [9.17, 15) is 14.0 Å². The second kappa shape index (κ2) is 11.4. The molecule has 2 amide bonds. The highest BCUT2D eigenvalue weighted by Crippen LogP contribution is 2.32. The number of rotatable bonds is 8. The third-order valence-corrected chi connectivity index (χ3v) is 6.96. The van der Waals surface area contributed by atoms with Crippen LogP contribution >= 0.6 is 11.6 Å². The molecule has 0 radical (unpaired) electrons. The Morgan fingerprint density at radius 1 is 1.26 bits per heavy atom. The fourth-order valence-electron chi connectivity index (χ4n) is 4.61. The molecule has 0 saturated carbocycles. The van der Waals surface area contributed by atoms with Crippen LogP contribution < -0.4 is 15.4 Å². The number of methoxy groups -OCH3 is 1. The number of nitrogens with one attached hydrogen (secondary N) is 2. The number of carbonyl (C=O) groups excluding carboxylic acids is 2. The molecule has 1 fully saturated rings. The molecule has 0 bridgehead atoms. The predicted octanol–water partition coefficient (Wildman–Crippen LogP) is 4.28. The molecule has 2 N–H and O–H groups in total. The largest absolute Gasteiger partial charge is 0.497 e. The Hall–Kier alpha value is -4.02. The van der Waals surface area contributed by atoms with Crippen LogP contribution in [0, 0.1) is 5.82 Å². The molecular weight excluding hydrogens is 525 g/mol. The number of benzene rings is 2. The Balaban J connectivity index is 1.27. The summed E-state index contributed by atoms with van der Waals surface area (Å²) in [7, 11) is 1.46. The summed E-state index contributed by atoms with van der Waals surface area (Å²) in [5.41, 5.74) is 2.59. The Labute approximate surface area is 230 Å². The van der Waals surface area contributed by atoms with E-state index in [2.05, 4.69) is 27.2 Å². The van der Waals surface area contributed by atoms with Gasteiger partial charge in [0.25, 0.3) is 5.91 Å². The molecule has 3 heterocycles. The Bertz CT molecular complexity index is 1440. The minimum absolute atomic E-state index is 0.0754. The summed E-state index contributed by atoms with van der Waals surface area (Å²) in [6, 6.07) is 9.76. The van der Waals surface area contributed by atoms with Crippen molar-refractivity contribution in [1.82, 2.24) is 20.2 Å². The lowest BCUT2D eigenvalue weighted by molar-refractivity contribution is -0.120. The lowest BCUT2D eigenvalue weighted by Crippen LogP contribution is -2.36. The molecule has 2 aliphatic heterocycles. The minimum Gasteiger partial charge on any atom is -0.497 e. The lowest BCUT2D eigenvalue weighted by atomic mass is 10.0. The number of amides is 2. The third kappa shape index (κ3) is 5.86. The van der Waals surface area contributed by atoms with Gasteiger partial charge in [0, 0.05) is 48.2 Å². The van der Waals surface area contributed by atoms with Crippen molar-refractivity contribution in [3.8, 4) is 17.0 Å². The molecule has 0 unspecified atom stereocenters. The van der Waals surface area contributed by atoms with E-state index in [4.69, 9.17) is 21.1 Å². The number of halogens is 2. The molecule has 0 aliphatic carbocycles. The van der Waals surface area contributed by atoms with Gasteiger partial charge in [-0.3, -0.25) is 9.59 Å². The molecule has 0 atom stereocenters. The number of hydrogen-bond donors (Lipinski definition) is 2. The number of fused-ring (bicyclic) bond motifs is 1. The molecule has 11 heteroatoms. The number of carbonyl (C=O) groups is 2. The summed E-state index contributed by atoms with van der Waals surface area (Å²) >= 11 is 6.42. The maximum absolute atomic E-state index is 14.2. The molecule has 3 aromatic rings. The molecule has 0 spiro atoms. The van der Waals surface area contributed by atoms with Gasteiger partial charge in [-0.2, -0.15) is 0 Å². The van der Waals surface area contributed by atoms with Gasteiger partial charge in [-0.1, -0.05) is 30.3 Å². The van der Waals surface area contributed by atoms with E-state index in [1.54, 1.807) is 6.07 Å². The fourth-order valence-corrected chi connectivity index (χ4v) is 4.81. The van der Waals surface area contributed by atoms with E-state index in [1.807, 2.05) is 12.1 Å². The van der Waals surface area contributed by atoms with Crippen molar-refractivity contribution in [3.63, 3.8) is 0 Å². The monoisotopic (exact) mass is 551 g/mol. The zero-order valence-electron chi connectivity index (χ0n) is 21.3. The van der Waals surface area contributed by atoms with Crippen LogP contribution in [0.5, 0.6) is 5.75 Å². The van der Waals surface area contributed by atoms with Gasteiger partial charge in [-0.15, -0.1) is 0 Å². The topological polar surface area (TPSA) is 106 Å². The second-order valence-electron chi connectivity index (χ2n) is 9.33. The van der Waals surface area contributed by atoms with Crippen LogP contribution in [0.25, 0.3) is 17.0 Å². The van der Waals surface area contributed by atoms with Gasteiger partial charge < -0.3 is 25.0 Å². The standard InChI is InChI=1S/C28H27ClFN5O4/c1-16(21-12-20(38-2)5-6-24(21)30)32-25(36)15-35-14-18-4-3-17(11-22(18)27(35)37)26-23(29)13-31-28(34-26)33-19-7-9-39-10-8-19/h3-6,11-13,19H,1,7-10,14-15H2,2H3,(H,32,36)(H,31,33,34).